The maximum atomic E-state index is 12.2. The predicted molar refractivity (Wildman–Crippen MR) is 112 cm³/mol. The summed E-state index contributed by atoms with van der Waals surface area (Å²) < 4.78 is 0. The molecule has 2 aromatic carbocycles. The van der Waals surface area contributed by atoms with Crippen LogP contribution in [-0.4, -0.2) is 24.1 Å². The Hall–Kier alpha value is -1.82. The highest BCUT2D eigenvalue weighted by atomic mass is 35.5. The summed E-state index contributed by atoms with van der Waals surface area (Å²) in [5.74, 6) is -0.186. The van der Waals surface area contributed by atoms with Crippen LogP contribution in [0.5, 0.6) is 0 Å². The Labute approximate surface area is 168 Å². The number of carbonyl (C=O) groups excluding carboxylic acids is 1. The number of nitrogens with one attached hydrogen (secondary N) is 2. The van der Waals surface area contributed by atoms with Gasteiger partial charge in [0.25, 0.3) is 0 Å². The van der Waals surface area contributed by atoms with Crippen molar-refractivity contribution in [3.8, 4) is 0 Å². The molecule has 1 heterocycles. The summed E-state index contributed by atoms with van der Waals surface area (Å²) in [6.07, 6.45) is 2.52. The Morgan fingerprint density at radius 1 is 1.08 bits per heavy atom. The van der Waals surface area contributed by atoms with Crippen molar-refractivity contribution in [1.82, 2.24) is 5.32 Å². The lowest BCUT2D eigenvalue weighted by Crippen LogP contribution is -2.35. The fraction of sp³-hybridized carbons (Fsp3) is 0.263. The quantitative estimate of drug-likeness (QED) is 0.723. The average Bonchev–Trinajstić information content (AvgIpc) is 3.11. The number of nitrogens with zero attached hydrogens (tertiary/aromatic N) is 1. The van der Waals surface area contributed by atoms with Crippen LogP contribution in [0, 0.1) is 0 Å². The third-order valence-corrected chi connectivity index (χ3v) is 4.95. The largest absolute Gasteiger partial charge is 0.369 e. The number of para-hydroxylation sites is 1. The molecule has 0 aromatic heterocycles. The van der Waals surface area contributed by atoms with Crippen molar-refractivity contribution in [3.05, 3.63) is 58.1 Å². The summed E-state index contributed by atoms with van der Waals surface area (Å²) in [7, 11) is 0. The van der Waals surface area contributed by atoms with Gasteiger partial charge in [0.15, 0.2) is 5.11 Å². The number of benzene rings is 2. The number of carbonyl (C=O) groups is 1. The molecule has 0 radical (unpaired) electrons. The molecule has 1 aliphatic rings. The topological polar surface area (TPSA) is 44.4 Å². The first-order valence-electron chi connectivity index (χ1n) is 8.41. The highest BCUT2D eigenvalue weighted by Gasteiger charge is 2.19. The molecule has 0 atom stereocenters. The van der Waals surface area contributed by atoms with Crippen molar-refractivity contribution < 1.29 is 4.79 Å². The van der Waals surface area contributed by atoms with E-state index in [1.807, 2.05) is 30.3 Å². The van der Waals surface area contributed by atoms with Gasteiger partial charge in [0.05, 0.1) is 22.8 Å². The zero-order chi connectivity index (χ0) is 18.5. The SMILES string of the molecule is O=C(Cc1ccc(Cl)cc1)NC(=S)Nc1cccc(Cl)c1N1CCCC1. The minimum absolute atomic E-state index is 0.186. The lowest BCUT2D eigenvalue weighted by Gasteiger charge is -2.23. The van der Waals surface area contributed by atoms with E-state index in [0.717, 1.165) is 42.9 Å². The molecule has 1 amide bonds. The molecule has 4 nitrogen and oxygen atoms in total. The number of hydrogen-bond donors (Lipinski definition) is 2. The molecule has 2 aromatic rings. The summed E-state index contributed by atoms with van der Waals surface area (Å²) >= 11 is 17.6. The van der Waals surface area contributed by atoms with Crippen molar-refractivity contribution in [2.24, 2.45) is 0 Å². The van der Waals surface area contributed by atoms with Crippen molar-refractivity contribution in [2.75, 3.05) is 23.3 Å². The molecule has 0 saturated carbocycles. The van der Waals surface area contributed by atoms with E-state index in [1.54, 1.807) is 12.1 Å². The third kappa shape index (κ3) is 4.87. The number of thiocarbonyl (C=S) groups is 1. The second-order valence-electron chi connectivity index (χ2n) is 6.14. The maximum absolute atomic E-state index is 12.2. The first-order valence-corrected chi connectivity index (χ1v) is 9.58. The van der Waals surface area contributed by atoms with Crippen LogP contribution in [-0.2, 0) is 11.2 Å². The van der Waals surface area contributed by atoms with E-state index in [2.05, 4.69) is 15.5 Å². The number of rotatable bonds is 4. The zero-order valence-corrected chi connectivity index (χ0v) is 16.4. The summed E-state index contributed by atoms with van der Waals surface area (Å²) in [5.41, 5.74) is 2.60. The molecular formula is C19H19Cl2N3OS. The summed E-state index contributed by atoms with van der Waals surface area (Å²) in [4.78, 5) is 14.4. The van der Waals surface area contributed by atoms with E-state index >= 15 is 0 Å². The van der Waals surface area contributed by atoms with Crippen molar-refractivity contribution in [3.63, 3.8) is 0 Å². The Balaban J connectivity index is 1.63. The Kier molecular flexibility index (Phi) is 6.35. The third-order valence-electron chi connectivity index (χ3n) is 4.19. The van der Waals surface area contributed by atoms with Gasteiger partial charge < -0.3 is 15.5 Å². The van der Waals surface area contributed by atoms with Gasteiger partial charge in [0, 0.05) is 18.1 Å². The number of halogens is 2. The first-order chi connectivity index (χ1) is 12.5. The zero-order valence-electron chi connectivity index (χ0n) is 14.1. The summed E-state index contributed by atoms with van der Waals surface area (Å²) in [6, 6.07) is 12.8. The van der Waals surface area contributed by atoms with E-state index in [0.29, 0.717) is 10.0 Å². The van der Waals surface area contributed by atoms with Gasteiger partial charge in [-0.25, -0.2) is 0 Å². The molecule has 0 spiro atoms. The fourth-order valence-corrected chi connectivity index (χ4v) is 3.63. The van der Waals surface area contributed by atoms with Crippen LogP contribution < -0.4 is 15.5 Å². The molecule has 136 valence electrons. The summed E-state index contributed by atoms with van der Waals surface area (Å²) in [5, 5.41) is 7.39. The van der Waals surface area contributed by atoms with Crippen LogP contribution in [0.1, 0.15) is 18.4 Å². The number of amides is 1. The van der Waals surface area contributed by atoms with E-state index in [-0.39, 0.29) is 17.4 Å². The van der Waals surface area contributed by atoms with Crippen LogP contribution in [0.2, 0.25) is 10.0 Å². The van der Waals surface area contributed by atoms with Gasteiger partial charge in [0.2, 0.25) is 5.91 Å². The van der Waals surface area contributed by atoms with Crippen LogP contribution in [0.25, 0.3) is 0 Å². The Bertz CT molecular complexity index is 805. The average molecular weight is 408 g/mol. The van der Waals surface area contributed by atoms with Gasteiger partial charge in [-0.05, 0) is 54.9 Å². The standard InChI is InChI=1S/C19H19Cl2N3OS/c20-14-8-6-13(7-9-14)12-17(25)23-19(26)22-16-5-3-4-15(21)18(16)24-10-1-2-11-24/h3-9H,1-2,10-12H2,(H2,22,23,25,26). The Morgan fingerprint density at radius 2 is 1.77 bits per heavy atom. The number of hydrogen-bond acceptors (Lipinski definition) is 3. The molecule has 0 aliphatic carbocycles. The van der Waals surface area contributed by atoms with Crippen LogP contribution >= 0.6 is 35.4 Å². The van der Waals surface area contributed by atoms with Gasteiger partial charge in [-0.15, -0.1) is 0 Å². The normalized spacial score (nSPS) is 13.5. The monoisotopic (exact) mass is 407 g/mol. The minimum atomic E-state index is -0.186. The van der Waals surface area contributed by atoms with Crippen LogP contribution in [0.4, 0.5) is 11.4 Å². The molecule has 0 bridgehead atoms. The van der Waals surface area contributed by atoms with Gasteiger partial charge in [-0.1, -0.05) is 41.4 Å². The highest BCUT2D eigenvalue weighted by Crippen LogP contribution is 2.35. The molecular weight excluding hydrogens is 389 g/mol. The van der Waals surface area contributed by atoms with E-state index in [4.69, 9.17) is 35.4 Å². The van der Waals surface area contributed by atoms with E-state index in [9.17, 15) is 4.79 Å². The number of anilines is 2. The molecule has 0 unspecified atom stereocenters. The van der Waals surface area contributed by atoms with Crippen molar-refractivity contribution in [2.45, 2.75) is 19.3 Å². The minimum Gasteiger partial charge on any atom is -0.369 e. The molecule has 26 heavy (non-hydrogen) atoms. The van der Waals surface area contributed by atoms with Crippen molar-refractivity contribution in [1.29, 1.82) is 0 Å². The molecule has 3 rings (SSSR count). The molecule has 1 saturated heterocycles. The van der Waals surface area contributed by atoms with Gasteiger partial charge in [0.1, 0.15) is 0 Å². The van der Waals surface area contributed by atoms with Gasteiger partial charge in [-0.2, -0.15) is 0 Å². The fourth-order valence-electron chi connectivity index (χ4n) is 2.99. The van der Waals surface area contributed by atoms with Crippen LogP contribution in [0.15, 0.2) is 42.5 Å². The molecule has 1 aliphatic heterocycles. The van der Waals surface area contributed by atoms with Gasteiger partial charge >= 0.3 is 0 Å². The second kappa shape index (κ2) is 8.71. The lowest BCUT2D eigenvalue weighted by molar-refractivity contribution is -0.119. The second-order valence-corrected chi connectivity index (χ2v) is 7.39. The smallest absolute Gasteiger partial charge is 0.230 e. The van der Waals surface area contributed by atoms with E-state index in [1.165, 1.54) is 0 Å². The summed E-state index contributed by atoms with van der Waals surface area (Å²) in [6.45, 7) is 1.93. The Morgan fingerprint density at radius 3 is 2.46 bits per heavy atom. The first kappa shape index (κ1) is 19.0. The van der Waals surface area contributed by atoms with E-state index < -0.39 is 0 Å². The van der Waals surface area contributed by atoms with Crippen LogP contribution in [0.3, 0.4) is 0 Å². The molecule has 7 heteroatoms. The van der Waals surface area contributed by atoms with Crippen molar-refractivity contribution >= 4 is 57.8 Å². The lowest BCUT2D eigenvalue weighted by atomic mass is 10.1. The maximum Gasteiger partial charge on any atom is 0.230 e. The molecule has 2 N–H and O–H groups in total. The van der Waals surface area contributed by atoms with Gasteiger partial charge in [-0.3, -0.25) is 4.79 Å². The predicted octanol–water partition coefficient (Wildman–Crippen LogP) is 4.65. The highest BCUT2D eigenvalue weighted by molar-refractivity contribution is 7.80. The molecule has 1 fully saturated rings.